The maximum absolute atomic E-state index is 12.4. The predicted octanol–water partition coefficient (Wildman–Crippen LogP) is 4.94. The van der Waals surface area contributed by atoms with Crippen LogP contribution < -0.4 is 4.90 Å². The van der Waals surface area contributed by atoms with Crippen LogP contribution in [0.4, 0.5) is 5.13 Å². The summed E-state index contributed by atoms with van der Waals surface area (Å²) in [5.41, 5.74) is 1.28. The average Bonchev–Trinajstić information content (AvgIpc) is 3.00. The first-order valence-corrected chi connectivity index (χ1v) is 8.03. The van der Waals surface area contributed by atoms with Gasteiger partial charge in [0.1, 0.15) is 4.34 Å². The number of hydrogen-bond acceptors (Lipinski definition) is 4. The number of amides is 1. The molecule has 3 nitrogen and oxygen atoms in total. The van der Waals surface area contributed by atoms with Crippen molar-refractivity contribution >= 4 is 67.1 Å². The van der Waals surface area contributed by atoms with Gasteiger partial charge in [-0.3, -0.25) is 9.69 Å². The monoisotopic (exact) mass is 342 g/mol. The molecule has 102 valence electrons. The lowest BCUT2D eigenvalue weighted by Gasteiger charge is -2.12. The molecular weight excluding hydrogens is 335 g/mol. The molecule has 0 N–H and O–H groups in total. The molecule has 7 heteroatoms. The number of fused-ring (bicyclic) bond motifs is 1. The lowest BCUT2D eigenvalue weighted by Crippen LogP contribution is -2.25. The number of hydrogen-bond donors (Lipinski definition) is 0. The lowest BCUT2D eigenvalue weighted by atomic mass is 10.3. The summed E-state index contributed by atoms with van der Waals surface area (Å²) in [5.74, 6) is -0.211. The van der Waals surface area contributed by atoms with Crippen molar-refractivity contribution in [3.05, 3.63) is 44.6 Å². The van der Waals surface area contributed by atoms with Crippen LogP contribution in [0, 0.1) is 0 Å². The van der Waals surface area contributed by atoms with E-state index in [0.29, 0.717) is 19.4 Å². The Morgan fingerprint density at radius 3 is 2.65 bits per heavy atom. The fourth-order valence-corrected chi connectivity index (χ4v) is 4.13. The standard InChI is InChI=1S/C13H8Cl2N2OS2/c1-17(12(18)7-6-10(14)20-11(7)15)13-16-8-4-2-3-5-9(8)19-13/h2-6H,1H3. The fraction of sp³-hybridized carbons (Fsp3) is 0.0769. The van der Waals surface area contributed by atoms with Gasteiger partial charge < -0.3 is 0 Å². The molecule has 0 saturated carbocycles. The summed E-state index contributed by atoms with van der Waals surface area (Å²) in [6, 6.07) is 9.34. The second-order valence-electron chi connectivity index (χ2n) is 4.07. The summed E-state index contributed by atoms with van der Waals surface area (Å²) >= 11 is 14.5. The summed E-state index contributed by atoms with van der Waals surface area (Å²) in [6.07, 6.45) is 0. The van der Waals surface area contributed by atoms with Crippen molar-refractivity contribution in [1.29, 1.82) is 0 Å². The maximum Gasteiger partial charge on any atom is 0.262 e. The minimum atomic E-state index is -0.211. The van der Waals surface area contributed by atoms with Crippen LogP contribution in [0.3, 0.4) is 0 Å². The van der Waals surface area contributed by atoms with Crippen molar-refractivity contribution in [1.82, 2.24) is 4.98 Å². The van der Waals surface area contributed by atoms with E-state index in [1.807, 2.05) is 24.3 Å². The van der Waals surface area contributed by atoms with Gasteiger partial charge in [0, 0.05) is 7.05 Å². The topological polar surface area (TPSA) is 33.2 Å². The highest BCUT2D eigenvalue weighted by Gasteiger charge is 2.21. The molecule has 20 heavy (non-hydrogen) atoms. The van der Waals surface area contributed by atoms with Crippen molar-refractivity contribution in [2.75, 3.05) is 11.9 Å². The van der Waals surface area contributed by atoms with Gasteiger partial charge in [-0.15, -0.1) is 11.3 Å². The summed E-state index contributed by atoms with van der Waals surface area (Å²) in [4.78, 5) is 18.4. The molecule has 0 aliphatic carbocycles. The average molecular weight is 343 g/mol. The molecule has 0 spiro atoms. The Labute approximate surface area is 133 Å². The van der Waals surface area contributed by atoms with E-state index in [1.165, 1.54) is 27.6 Å². The van der Waals surface area contributed by atoms with Gasteiger partial charge in [0.05, 0.1) is 20.1 Å². The Morgan fingerprint density at radius 2 is 2.00 bits per heavy atom. The molecule has 0 fully saturated rings. The van der Waals surface area contributed by atoms with E-state index in [1.54, 1.807) is 13.1 Å². The first-order chi connectivity index (χ1) is 9.56. The number of aromatic nitrogens is 1. The number of thiophene rings is 1. The summed E-state index contributed by atoms with van der Waals surface area (Å²) in [6.45, 7) is 0. The highest BCUT2D eigenvalue weighted by molar-refractivity contribution is 7.22. The smallest absolute Gasteiger partial charge is 0.262 e. The van der Waals surface area contributed by atoms with Crippen molar-refractivity contribution in [3.63, 3.8) is 0 Å². The van der Waals surface area contributed by atoms with Crippen molar-refractivity contribution in [3.8, 4) is 0 Å². The molecule has 0 atom stereocenters. The zero-order chi connectivity index (χ0) is 14.3. The van der Waals surface area contributed by atoms with Crippen LogP contribution in [0.5, 0.6) is 0 Å². The molecule has 0 radical (unpaired) electrons. The van der Waals surface area contributed by atoms with Crippen molar-refractivity contribution in [2.24, 2.45) is 0 Å². The number of carbonyl (C=O) groups is 1. The second kappa shape index (κ2) is 5.33. The van der Waals surface area contributed by atoms with Gasteiger partial charge in [-0.25, -0.2) is 4.98 Å². The molecule has 0 unspecified atom stereocenters. The zero-order valence-electron chi connectivity index (χ0n) is 10.3. The van der Waals surface area contributed by atoms with Crippen molar-refractivity contribution < 1.29 is 4.79 Å². The Kier molecular flexibility index (Phi) is 3.69. The zero-order valence-corrected chi connectivity index (χ0v) is 13.4. The molecule has 1 amide bonds. The molecule has 0 bridgehead atoms. The van der Waals surface area contributed by atoms with Crippen molar-refractivity contribution in [2.45, 2.75) is 0 Å². The van der Waals surface area contributed by atoms with Crippen LogP contribution in [0.2, 0.25) is 8.67 Å². The highest BCUT2D eigenvalue weighted by atomic mass is 35.5. The van der Waals surface area contributed by atoms with E-state index in [2.05, 4.69) is 4.98 Å². The molecule has 0 aliphatic rings. The molecule has 2 heterocycles. The van der Waals surface area contributed by atoms with Gasteiger partial charge in [0.25, 0.3) is 5.91 Å². The molecule has 1 aromatic carbocycles. The van der Waals surface area contributed by atoms with Crippen LogP contribution in [0.15, 0.2) is 30.3 Å². The quantitative estimate of drug-likeness (QED) is 0.660. The number of anilines is 1. The van der Waals surface area contributed by atoms with E-state index in [9.17, 15) is 4.79 Å². The number of thiazole rings is 1. The van der Waals surface area contributed by atoms with Gasteiger partial charge in [-0.1, -0.05) is 46.7 Å². The first kappa shape index (κ1) is 13.8. The van der Waals surface area contributed by atoms with Crippen LogP contribution >= 0.6 is 45.9 Å². The highest BCUT2D eigenvalue weighted by Crippen LogP contribution is 2.34. The van der Waals surface area contributed by atoms with Crippen LogP contribution in [0.1, 0.15) is 10.4 Å². The number of benzene rings is 1. The van der Waals surface area contributed by atoms with Crippen LogP contribution in [-0.4, -0.2) is 17.9 Å². The Morgan fingerprint density at radius 1 is 1.25 bits per heavy atom. The third-order valence-electron chi connectivity index (χ3n) is 2.76. The summed E-state index contributed by atoms with van der Waals surface area (Å²) in [7, 11) is 1.68. The normalized spacial score (nSPS) is 10.9. The molecule has 0 saturated heterocycles. The fourth-order valence-electron chi connectivity index (χ4n) is 1.76. The van der Waals surface area contributed by atoms with Gasteiger partial charge >= 0.3 is 0 Å². The Balaban J connectivity index is 1.97. The molecule has 2 aromatic heterocycles. The number of rotatable bonds is 2. The number of nitrogens with zero attached hydrogens (tertiary/aromatic N) is 2. The third-order valence-corrected chi connectivity index (χ3v) is 5.36. The minimum Gasteiger partial charge on any atom is -0.287 e. The molecule has 0 aliphatic heterocycles. The van der Waals surface area contributed by atoms with Gasteiger partial charge in [0.15, 0.2) is 5.13 Å². The third kappa shape index (κ3) is 2.42. The van der Waals surface area contributed by atoms with E-state index in [4.69, 9.17) is 23.2 Å². The van der Waals surface area contributed by atoms with Gasteiger partial charge in [-0.05, 0) is 18.2 Å². The maximum atomic E-state index is 12.4. The Hall–Kier alpha value is -1.14. The van der Waals surface area contributed by atoms with Crippen LogP contribution in [-0.2, 0) is 0 Å². The second-order valence-corrected chi connectivity index (χ2v) is 7.36. The lowest BCUT2D eigenvalue weighted by molar-refractivity contribution is 0.0993. The van der Waals surface area contributed by atoms with Gasteiger partial charge in [-0.2, -0.15) is 0 Å². The summed E-state index contributed by atoms with van der Waals surface area (Å²) in [5, 5.41) is 0.634. The number of carbonyl (C=O) groups excluding carboxylic acids is 1. The first-order valence-electron chi connectivity index (χ1n) is 5.64. The van der Waals surface area contributed by atoms with E-state index in [0.717, 1.165) is 10.2 Å². The van der Waals surface area contributed by atoms with Gasteiger partial charge in [0.2, 0.25) is 0 Å². The minimum absolute atomic E-state index is 0.211. The molecule has 3 aromatic rings. The molecular formula is C13H8Cl2N2OS2. The SMILES string of the molecule is CN(C(=O)c1cc(Cl)sc1Cl)c1nc2ccccc2s1. The Bertz CT molecular complexity index is 764. The molecule has 3 rings (SSSR count). The predicted molar refractivity (Wildman–Crippen MR) is 86.7 cm³/mol. The number of para-hydroxylation sites is 1. The van der Waals surface area contributed by atoms with E-state index >= 15 is 0 Å². The van der Waals surface area contributed by atoms with E-state index in [-0.39, 0.29) is 5.91 Å². The van der Waals surface area contributed by atoms with Crippen LogP contribution in [0.25, 0.3) is 10.2 Å². The number of halogens is 2. The summed E-state index contributed by atoms with van der Waals surface area (Å²) < 4.78 is 1.93. The van der Waals surface area contributed by atoms with E-state index < -0.39 is 0 Å². The largest absolute Gasteiger partial charge is 0.287 e.